The third-order valence-electron chi connectivity index (χ3n) is 1.60. The Morgan fingerprint density at radius 3 is 2.55 bits per heavy atom. The SMILES string of the molecule is CSCCN(C)CCCCBr. The number of halogens is 1. The molecule has 0 heterocycles. The first-order valence-corrected chi connectivity index (χ1v) is 6.56. The van der Waals surface area contributed by atoms with Gasteiger partial charge in [-0.15, -0.1) is 0 Å². The van der Waals surface area contributed by atoms with E-state index in [4.69, 9.17) is 0 Å². The summed E-state index contributed by atoms with van der Waals surface area (Å²) >= 11 is 5.35. The van der Waals surface area contributed by atoms with Crippen LogP contribution in [0, 0.1) is 0 Å². The molecule has 68 valence electrons. The first-order chi connectivity index (χ1) is 5.31. The van der Waals surface area contributed by atoms with E-state index in [9.17, 15) is 0 Å². The number of rotatable bonds is 7. The Hall–Kier alpha value is 0.790. The van der Waals surface area contributed by atoms with Crippen LogP contribution in [0.4, 0.5) is 0 Å². The molecular formula is C8H18BrNS. The highest BCUT2D eigenvalue weighted by atomic mass is 79.9. The van der Waals surface area contributed by atoms with Gasteiger partial charge in [-0.2, -0.15) is 11.8 Å². The number of hydrogen-bond donors (Lipinski definition) is 0. The van der Waals surface area contributed by atoms with E-state index in [2.05, 4.69) is 34.1 Å². The van der Waals surface area contributed by atoms with Crippen LogP contribution in [-0.4, -0.2) is 42.4 Å². The molecule has 0 fully saturated rings. The standard InChI is InChI=1S/C8H18BrNS/c1-10(7-8-11-2)6-4-3-5-9/h3-8H2,1-2H3. The number of alkyl halides is 1. The quantitative estimate of drug-likeness (QED) is 0.496. The summed E-state index contributed by atoms with van der Waals surface area (Å²) in [6.45, 7) is 2.47. The van der Waals surface area contributed by atoms with E-state index < -0.39 is 0 Å². The maximum atomic E-state index is 3.43. The van der Waals surface area contributed by atoms with E-state index >= 15 is 0 Å². The zero-order valence-corrected chi connectivity index (χ0v) is 9.88. The average molecular weight is 240 g/mol. The van der Waals surface area contributed by atoms with Crippen molar-refractivity contribution in [3.05, 3.63) is 0 Å². The fourth-order valence-corrected chi connectivity index (χ4v) is 1.73. The van der Waals surface area contributed by atoms with Crippen molar-refractivity contribution in [2.75, 3.05) is 37.5 Å². The van der Waals surface area contributed by atoms with Crippen LogP contribution in [0.3, 0.4) is 0 Å². The van der Waals surface area contributed by atoms with Gasteiger partial charge in [0.1, 0.15) is 0 Å². The molecule has 3 heteroatoms. The molecule has 0 aliphatic carbocycles. The lowest BCUT2D eigenvalue weighted by molar-refractivity contribution is 0.349. The lowest BCUT2D eigenvalue weighted by Gasteiger charge is -2.14. The van der Waals surface area contributed by atoms with E-state index in [-0.39, 0.29) is 0 Å². The lowest BCUT2D eigenvalue weighted by atomic mass is 10.3. The maximum absolute atomic E-state index is 3.43. The zero-order chi connectivity index (χ0) is 8.53. The molecule has 0 bridgehead atoms. The summed E-state index contributed by atoms with van der Waals surface area (Å²) in [6, 6.07) is 0. The van der Waals surface area contributed by atoms with Crippen molar-refractivity contribution in [1.29, 1.82) is 0 Å². The number of unbranched alkanes of at least 4 members (excludes halogenated alkanes) is 1. The molecule has 0 N–H and O–H groups in total. The van der Waals surface area contributed by atoms with Gasteiger partial charge in [0.05, 0.1) is 0 Å². The minimum absolute atomic E-state index is 1.14. The van der Waals surface area contributed by atoms with Crippen LogP contribution >= 0.6 is 27.7 Å². The van der Waals surface area contributed by atoms with Gasteiger partial charge in [-0.25, -0.2) is 0 Å². The van der Waals surface area contributed by atoms with Gasteiger partial charge < -0.3 is 4.90 Å². The van der Waals surface area contributed by atoms with Gasteiger partial charge in [0.15, 0.2) is 0 Å². The molecule has 0 aliphatic heterocycles. The highest BCUT2D eigenvalue weighted by Gasteiger charge is 1.95. The Kier molecular flexibility index (Phi) is 9.52. The predicted octanol–water partition coefficient (Wildman–Crippen LogP) is 2.46. The minimum Gasteiger partial charge on any atom is -0.306 e. The Balaban J connectivity index is 3.02. The molecule has 0 amide bonds. The molecule has 0 aromatic rings. The van der Waals surface area contributed by atoms with Crippen molar-refractivity contribution in [1.82, 2.24) is 4.90 Å². The highest BCUT2D eigenvalue weighted by molar-refractivity contribution is 9.09. The van der Waals surface area contributed by atoms with Crippen LogP contribution < -0.4 is 0 Å². The molecular weight excluding hydrogens is 222 g/mol. The van der Waals surface area contributed by atoms with Gasteiger partial charge in [0.25, 0.3) is 0 Å². The van der Waals surface area contributed by atoms with Crippen molar-refractivity contribution >= 4 is 27.7 Å². The molecule has 0 radical (unpaired) electrons. The predicted molar refractivity (Wildman–Crippen MR) is 58.9 cm³/mol. The minimum atomic E-state index is 1.14. The van der Waals surface area contributed by atoms with Gasteiger partial charge in [0.2, 0.25) is 0 Å². The molecule has 0 aliphatic rings. The molecule has 0 aromatic heterocycles. The molecule has 0 aromatic carbocycles. The molecule has 0 saturated carbocycles. The van der Waals surface area contributed by atoms with Crippen LogP contribution in [0.2, 0.25) is 0 Å². The third kappa shape index (κ3) is 8.70. The fourth-order valence-electron chi connectivity index (χ4n) is 0.835. The second kappa shape index (κ2) is 8.88. The smallest absolute Gasteiger partial charge is 0.00692 e. The van der Waals surface area contributed by atoms with E-state index in [1.165, 1.54) is 31.7 Å². The van der Waals surface area contributed by atoms with Crippen molar-refractivity contribution < 1.29 is 0 Å². The number of thioether (sulfide) groups is 1. The first kappa shape index (κ1) is 11.8. The van der Waals surface area contributed by atoms with Crippen molar-refractivity contribution in [3.63, 3.8) is 0 Å². The van der Waals surface area contributed by atoms with Crippen LogP contribution in [0.1, 0.15) is 12.8 Å². The topological polar surface area (TPSA) is 3.24 Å². The van der Waals surface area contributed by atoms with E-state index in [0.29, 0.717) is 0 Å². The largest absolute Gasteiger partial charge is 0.306 e. The number of nitrogens with zero attached hydrogens (tertiary/aromatic N) is 1. The lowest BCUT2D eigenvalue weighted by Crippen LogP contribution is -2.22. The molecule has 0 rings (SSSR count). The molecule has 1 nitrogen and oxygen atoms in total. The Bertz CT molecular complexity index is 80.5. The van der Waals surface area contributed by atoms with Gasteiger partial charge in [-0.3, -0.25) is 0 Å². The number of hydrogen-bond acceptors (Lipinski definition) is 2. The van der Waals surface area contributed by atoms with Gasteiger partial charge in [-0.1, -0.05) is 15.9 Å². The Labute approximate surface area is 83.0 Å². The molecule has 0 atom stereocenters. The fraction of sp³-hybridized carbons (Fsp3) is 1.00. The first-order valence-electron chi connectivity index (χ1n) is 4.04. The second-order valence-corrected chi connectivity index (χ2v) is 4.47. The molecule has 11 heavy (non-hydrogen) atoms. The second-order valence-electron chi connectivity index (χ2n) is 2.69. The summed E-state index contributed by atoms with van der Waals surface area (Å²) in [5.41, 5.74) is 0. The van der Waals surface area contributed by atoms with E-state index in [1.807, 2.05) is 11.8 Å². The van der Waals surface area contributed by atoms with Crippen LogP contribution in [0.5, 0.6) is 0 Å². The summed E-state index contributed by atoms with van der Waals surface area (Å²) in [4.78, 5) is 2.40. The van der Waals surface area contributed by atoms with Gasteiger partial charge in [0, 0.05) is 17.6 Å². The van der Waals surface area contributed by atoms with Crippen LogP contribution in [0.15, 0.2) is 0 Å². The Morgan fingerprint density at radius 1 is 1.27 bits per heavy atom. The van der Waals surface area contributed by atoms with Crippen LogP contribution in [0.25, 0.3) is 0 Å². The maximum Gasteiger partial charge on any atom is 0.00692 e. The van der Waals surface area contributed by atoms with Crippen molar-refractivity contribution in [2.24, 2.45) is 0 Å². The highest BCUT2D eigenvalue weighted by Crippen LogP contribution is 1.98. The average Bonchev–Trinajstić information content (AvgIpc) is 2.01. The monoisotopic (exact) mass is 239 g/mol. The van der Waals surface area contributed by atoms with Gasteiger partial charge >= 0.3 is 0 Å². The Morgan fingerprint density at radius 2 is 2.00 bits per heavy atom. The summed E-state index contributed by atoms with van der Waals surface area (Å²) in [6.07, 6.45) is 4.77. The van der Waals surface area contributed by atoms with Gasteiger partial charge in [-0.05, 0) is 32.7 Å². The molecule has 0 spiro atoms. The van der Waals surface area contributed by atoms with E-state index in [0.717, 1.165) is 5.33 Å². The summed E-state index contributed by atoms with van der Waals surface area (Å²) < 4.78 is 0. The summed E-state index contributed by atoms with van der Waals surface area (Å²) in [7, 11) is 2.20. The third-order valence-corrected chi connectivity index (χ3v) is 2.75. The van der Waals surface area contributed by atoms with Crippen molar-refractivity contribution in [2.45, 2.75) is 12.8 Å². The molecule has 0 saturated heterocycles. The summed E-state index contributed by atoms with van der Waals surface area (Å²) in [5.74, 6) is 1.25. The van der Waals surface area contributed by atoms with Crippen molar-refractivity contribution in [3.8, 4) is 0 Å². The van der Waals surface area contributed by atoms with Crippen LogP contribution in [-0.2, 0) is 0 Å². The zero-order valence-electron chi connectivity index (χ0n) is 7.48. The summed E-state index contributed by atoms with van der Waals surface area (Å²) in [5, 5.41) is 1.14. The molecule has 0 unspecified atom stereocenters. The normalized spacial score (nSPS) is 10.9. The van der Waals surface area contributed by atoms with E-state index in [1.54, 1.807) is 0 Å².